The summed E-state index contributed by atoms with van der Waals surface area (Å²) in [6, 6.07) is 1.75. The molecule has 21 heavy (non-hydrogen) atoms. The Morgan fingerprint density at radius 3 is 2.38 bits per heavy atom. The predicted octanol–water partition coefficient (Wildman–Crippen LogP) is 2.38. The van der Waals surface area contributed by atoms with Crippen molar-refractivity contribution < 1.29 is 8.42 Å². The van der Waals surface area contributed by atoms with Crippen molar-refractivity contribution in [3.05, 3.63) is 18.0 Å². The molecule has 0 aliphatic heterocycles. The molecular formula is C15H29N3O2S. The van der Waals surface area contributed by atoms with Crippen LogP contribution in [0.4, 0.5) is 0 Å². The molecule has 6 heteroatoms. The zero-order chi connectivity index (χ0) is 16.1. The molecule has 0 saturated carbocycles. The molecule has 0 aliphatic rings. The number of hydrogen-bond acceptors (Lipinski definition) is 3. The maximum Gasteiger partial charge on any atom is 0.242 e. The number of nitrogens with zero attached hydrogens (tertiary/aromatic N) is 1. The molecule has 0 amide bonds. The van der Waals surface area contributed by atoms with E-state index in [4.69, 9.17) is 0 Å². The van der Waals surface area contributed by atoms with Gasteiger partial charge < -0.3 is 9.88 Å². The molecule has 0 fully saturated rings. The van der Waals surface area contributed by atoms with Gasteiger partial charge in [0.15, 0.2) is 0 Å². The van der Waals surface area contributed by atoms with Crippen molar-refractivity contribution >= 4 is 10.0 Å². The molecule has 122 valence electrons. The van der Waals surface area contributed by atoms with Crippen LogP contribution in [0.2, 0.25) is 0 Å². The van der Waals surface area contributed by atoms with E-state index in [1.165, 1.54) is 0 Å². The fourth-order valence-corrected chi connectivity index (χ4v) is 3.71. The Kier molecular flexibility index (Phi) is 6.43. The van der Waals surface area contributed by atoms with Crippen molar-refractivity contribution in [2.24, 2.45) is 7.05 Å². The van der Waals surface area contributed by atoms with Gasteiger partial charge in [0, 0.05) is 31.0 Å². The Morgan fingerprint density at radius 2 is 1.86 bits per heavy atom. The van der Waals surface area contributed by atoms with Gasteiger partial charge in [-0.1, -0.05) is 20.8 Å². The van der Waals surface area contributed by atoms with Crippen molar-refractivity contribution in [2.75, 3.05) is 6.54 Å². The fraction of sp³-hybridized carbons (Fsp3) is 0.733. The number of aromatic nitrogens is 1. The van der Waals surface area contributed by atoms with Crippen LogP contribution < -0.4 is 10.0 Å². The summed E-state index contributed by atoms with van der Waals surface area (Å²) < 4.78 is 29.7. The molecule has 0 atom stereocenters. The maximum atomic E-state index is 12.5. The number of aryl methyl sites for hydroxylation is 1. The van der Waals surface area contributed by atoms with Crippen LogP contribution >= 0.6 is 0 Å². The molecule has 0 aromatic carbocycles. The van der Waals surface area contributed by atoms with Crippen molar-refractivity contribution in [3.63, 3.8) is 0 Å². The van der Waals surface area contributed by atoms with E-state index >= 15 is 0 Å². The van der Waals surface area contributed by atoms with Crippen LogP contribution in [0.1, 0.15) is 52.7 Å². The number of rotatable bonds is 9. The number of hydrogen-bond donors (Lipinski definition) is 2. The topological polar surface area (TPSA) is 63.1 Å². The van der Waals surface area contributed by atoms with E-state index in [1.807, 2.05) is 32.4 Å². The molecule has 0 aliphatic carbocycles. The lowest BCUT2D eigenvalue weighted by Gasteiger charge is -2.27. The minimum absolute atomic E-state index is 0.339. The second kappa shape index (κ2) is 7.42. The van der Waals surface area contributed by atoms with Crippen LogP contribution in [0.15, 0.2) is 17.2 Å². The molecule has 1 aromatic rings. The third-order valence-corrected chi connectivity index (χ3v) is 5.67. The lowest BCUT2D eigenvalue weighted by Crippen LogP contribution is -2.44. The Labute approximate surface area is 129 Å². The molecule has 1 heterocycles. The molecule has 1 aromatic heterocycles. The molecule has 2 N–H and O–H groups in total. The van der Waals surface area contributed by atoms with Crippen LogP contribution in [0.5, 0.6) is 0 Å². The second-order valence-electron chi connectivity index (χ2n) is 5.83. The van der Waals surface area contributed by atoms with Gasteiger partial charge in [-0.2, -0.15) is 0 Å². The monoisotopic (exact) mass is 315 g/mol. The van der Waals surface area contributed by atoms with E-state index in [0.29, 0.717) is 11.4 Å². The summed E-state index contributed by atoms with van der Waals surface area (Å²) in [5.74, 6) is 0. The van der Waals surface area contributed by atoms with Crippen molar-refractivity contribution in [2.45, 2.75) is 63.9 Å². The zero-order valence-electron chi connectivity index (χ0n) is 13.9. The third-order valence-electron chi connectivity index (χ3n) is 4.07. The van der Waals surface area contributed by atoms with Gasteiger partial charge in [-0.05, 0) is 38.8 Å². The van der Waals surface area contributed by atoms with E-state index in [2.05, 4.69) is 17.0 Å². The van der Waals surface area contributed by atoms with Crippen LogP contribution in [0.3, 0.4) is 0 Å². The summed E-state index contributed by atoms with van der Waals surface area (Å²) in [6.07, 6.45) is 4.26. The maximum absolute atomic E-state index is 12.5. The fourth-order valence-electron chi connectivity index (χ4n) is 2.07. The Bertz CT molecular complexity index is 545. The standard InChI is InChI=1S/C15H29N3O2S/c1-6-9-16-11-13-10-14(12-18(13)5)21(19,20)17-15(4,7-2)8-3/h10,12,16-17H,6-9,11H2,1-5H3. The van der Waals surface area contributed by atoms with Crippen molar-refractivity contribution in [1.29, 1.82) is 0 Å². The highest BCUT2D eigenvalue weighted by atomic mass is 32.2. The molecule has 0 spiro atoms. The van der Waals surface area contributed by atoms with Gasteiger partial charge in [0.25, 0.3) is 0 Å². The molecule has 5 nitrogen and oxygen atoms in total. The summed E-state index contributed by atoms with van der Waals surface area (Å²) in [5, 5.41) is 3.29. The molecule has 0 saturated heterocycles. The average molecular weight is 315 g/mol. The zero-order valence-corrected chi connectivity index (χ0v) is 14.7. The second-order valence-corrected chi connectivity index (χ2v) is 7.51. The lowest BCUT2D eigenvalue weighted by molar-refractivity contribution is 0.388. The number of sulfonamides is 1. The highest BCUT2D eigenvalue weighted by Gasteiger charge is 2.28. The van der Waals surface area contributed by atoms with Crippen LogP contribution in [-0.2, 0) is 23.6 Å². The SMILES string of the molecule is CCCNCc1cc(S(=O)(=O)NC(C)(CC)CC)cn1C. The van der Waals surface area contributed by atoms with E-state index in [0.717, 1.165) is 31.5 Å². The van der Waals surface area contributed by atoms with E-state index < -0.39 is 15.6 Å². The summed E-state index contributed by atoms with van der Waals surface area (Å²) >= 11 is 0. The minimum Gasteiger partial charge on any atom is -0.352 e. The molecule has 1 rings (SSSR count). The van der Waals surface area contributed by atoms with Crippen molar-refractivity contribution in [3.8, 4) is 0 Å². The molecule has 0 unspecified atom stereocenters. The molecule has 0 bridgehead atoms. The summed E-state index contributed by atoms with van der Waals surface area (Å²) in [7, 11) is -1.60. The van der Waals surface area contributed by atoms with E-state index in [-0.39, 0.29) is 0 Å². The van der Waals surface area contributed by atoms with Gasteiger partial charge in [-0.15, -0.1) is 0 Å². The summed E-state index contributed by atoms with van der Waals surface area (Å²) in [5.41, 5.74) is 0.577. The highest BCUT2D eigenvalue weighted by Crippen LogP contribution is 2.20. The van der Waals surface area contributed by atoms with Gasteiger partial charge in [0.2, 0.25) is 10.0 Å². The first kappa shape index (κ1) is 18.2. The lowest BCUT2D eigenvalue weighted by atomic mass is 9.98. The Balaban J connectivity index is 2.92. The quantitative estimate of drug-likeness (QED) is 0.688. The van der Waals surface area contributed by atoms with Gasteiger partial charge >= 0.3 is 0 Å². The van der Waals surface area contributed by atoms with Crippen LogP contribution in [-0.4, -0.2) is 25.1 Å². The summed E-state index contributed by atoms with van der Waals surface area (Å²) in [6.45, 7) is 9.65. The molecular weight excluding hydrogens is 286 g/mol. The van der Waals surface area contributed by atoms with Gasteiger partial charge in [0.05, 0.1) is 4.90 Å². The normalized spacial score (nSPS) is 12.8. The number of nitrogens with one attached hydrogen (secondary N) is 2. The van der Waals surface area contributed by atoms with Gasteiger partial charge in [-0.3, -0.25) is 0 Å². The third kappa shape index (κ3) is 4.83. The minimum atomic E-state index is -3.47. The first-order valence-corrected chi connectivity index (χ1v) is 9.16. The first-order chi connectivity index (χ1) is 9.78. The summed E-state index contributed by atoms with van der Waals surface area (Å²) in [4.78, 5) is 0.339. The molecule has 0 radical (unpaired) electrons. The highest BCUT2D eigenvalue weighted by molar-refractivity contribution is 7.89. The van der Waals surface area contributed by atoms with Gasteiger partial charge in [-0.25, -0.2) is 13.1 Å². The average Bonchev–Trinajstić information content (AvgIpc) is 2.81. The first-order valence-electron chi connectivity index (χ1n) is 7.68. The van der Waals surface area contributed by atoms with Crippen molar-refractivity contribution in [1.82, 2.24) is 14.6 Å². The van der Waals surface area contributed by atoms with E-state index in [9.17, 15) is 8.42 Å². The smallest absolute Gasteiger partial charge is 0.242 e. The Hall–Kier alpha value is -0.850. The van der Waals surface area contributed by atoms with Crippen LogP contribution in [0, 0.1) is 0 Å². The van der Waals surface area contributed by atoms with Gasteiger partial charge in [0.1, 0.15) is 0 Å². The Morgan fingerprint density at radius 1 is 1.24 bits per heavy atom. The van der Waals surface area contributed by atoms with E-state index in [1.54, 1.807) is 12.3 Å². The van der Waals surface area contributed by atoms with Crippen LogP contribution in [0.25, 0.3) is 0 Å². The predicted molar refractivity (Wildman–Crippen MR) is 86.7 cm³/mol. The largest absolute Gasteiger partial charge is 0.352 e.